The molecule has 6 rings (SSSR count). The van der Waals surface area contributed by atoms with Crippen molar-refractivity contribution in [1.82, 2.24) is 0 Å². The molecule has 0 heterocycles. The highest BCUT2D eigenvalue weighted by atomic mass is 14.3. The van der Waals surface area contributed by atoms with E-state index in [1.54, 1.807) is 32.7 Å². The summed E-state index contributed by atoms with van der Waals surface area (Å²) in [5.74, 6) is 6.20. The lowest BCUT2D eigenvalue weighted by atomic mass is 9.80. The maximum absolute atomic E-state index is 2.65. The lowest BCUT2D eigenvalue weighted by Crippen LogP contribution is -2.03. The average molecular weight is 863 g/mol. The van der Waals surface area contributed by atoms with Gasteiger partial charge in [-0.15, -0.1) is 0 Å². The van der Waals surface area contributed by atoms with Crippen LogP contribution in [0.4, 0.5) is 0 Å². The minimum absolute atomic E-state index is 0.739. The van der Waals surface area contributed by atoms with Crippen LogP contribution in [0.3, 0.4) is 0 Å². The number of rotatable bonds is 28. The topological polar surface area (TPSA) is 0 Å². The van der Waals surface area contributed by atoms with Gasteiger partial charge in [0.2, 0.25) is 0 Å². The molecule has 0 saturated heterocycles. The molecule has 0 nitrogen and oxygen atoms in total. The largest absolute Gasteiger partial charge is 0.0628 e. The summed E-state index contributed by atoms with van der Waals surface area (Å²) in [5.41, 5.74) is 6.18. The highest BCUT2D eigenvalue weighted by Crippen LogP contribution is 2.48. The lowest BCUT2D eigenvalue weighted by Gasteiger charge is -2.23. The summed E-state index contributed by atoms with van der Waals surface area (Å²) in [4.78, 5) is 0. The zero-order valence-corrected chi connectivity index (χ0v) is 43.5. The van der Waals surface area contributed by atoms with Crippen LogP contribution in [0.15, 0.2) is 60.7 Å². The Labute approximate surface area is 393 Å². The Hall–Kier alpha value is -3.12. The smallest absolute Gasteiger partial charge is 0.00110 e. The highest BCUT2D eigenvalue weighted by molar-refractivity contribution is 6.40. The van der Waals surface area contributed by atoms with E-state index in [-0.39, 0.29) is 0 Å². The van der Waals surface area contributed by atoms with Crippen molar-refractivity contribution in [3.63, 3.8) is 0 Å². The molecule has 0 saturated carbocycles. The number of benzene rings is 6. The second-order valence-electron chi connectivity index (χ2n) is 23.7. The molecule has 0 heteroatoms. The summed E-state index contributed by atoms with van der Waals surface area (Å²) < 4.78 is 0. The van der Waals surface area contributed by atoms with Crippen molar-refractivity contribution in [2.24, 2.45) is 47.3 Å². The van der Waals surface area contributed by atoms with E-state index in [2.05, 4.69) is 144 Å². The molecule has 6 aromatic rings. The Balaban J connectivity index is 1.49. The molecule has 4 unspecified atom stereocenters. The van der Waals surface area contributed by atoms with E-state index in [9.17, 15) is 0 Å². The van der Waals surface area contributed by atoms with Crippen molar-refractivity contribution in [1.29, 1.82) is 0 Å². The summed E-state index contributed by atoms with van der Waals surface area (Å²) >= 11 is 0. The van der Waals surface area contributed by atoms with E-state index in [1.807, 2.05) is 0 Å². The maximum atomic E-state index is 2.65. The predicted octanol–water partition coefficient (Wildman–Crippen LogP) is 20.5. The molecule has 0 aliphatic carbocycles. The van der Waals surface area contributed by atoms with Gasteiger partial charge < -0.3 is 0 Å². The zero-order chi connectivity index (χ0) is 45.9. The summed E-state index contributed by atoms with van der Waals surface area (Å²) in [6.07, 6.45) is 25.9. The fourth-order valence-corrected chi connectivity index (χ4v) is 11.4. The Morgan fingerprint density at radius 1 is 0.266 bits per heavy atom. The van der Waals surface area contributed by atoms with Gasteiger partial charge in [-0.05, 0) is 175 Å². The van der Waals surface area contributed by atoms with Crippen molar-refractivity contribution in [3.05, 3.63) is 82.9 Å². The van der Waals surface area contributed by atoms with Crippen molar-refractivity contribution in [2.45, 2.75) is 212 Å². The molecule has 6 aromatic carbocycles. The van der Waals surface area contributed by atoms with Crippen molar-refractivity contribution >= 4 is 53.9 Å². The van der Waals surface area contributed by atoms with Crippen molar-refractivity contribution < 1.29 is 0 Å². The Morgan fingerprint density at radius 2 is 0.562 bits per heavy atom. The molecular weight excluding hydrogens is 769 g/mol. The SMILES string of the molecule is CC(C)CCCC(C)CCc1ccc2c(c1)c1c(CCC(C)CCCC(C)C)ccc3c4ccc(CCC(C)CCCC(C)C)cc4c4c(CCC(C)CCCC(C)C)ccc2c4c31. The number of aryl methyl sites for hydroxylation is 4. The molecule has 0 N–H and O–H groups in total. The minimum Gasteiger partial charge on any atom is -0.0628 e. The molecule has 0 radical (unpaired) electrons. The van der Waals surface area contributed by atoms with Gasteiger partial charge in [-0.25, -0.2) is 0 Å². The summed E-state index contributed by atoms with van der Waals surface area (Å²) in [5, 5.41) is 15.1. The van der Waals surface area contributed by atoms with Crippen molar-refractivity contribution in [2.75, 3.05) is 0 Å². The molecule has 0 aliphatic heterocycles. The molecular formula is C64H94. The zero-order valence-electron chi connectivity index (χ0n) is 43.5. The van der Waals surface area contributed by atoms with Crippen LogP contribution in [0.1, 0.15) is 208 Å². The first-order valence-electron chi connectivity index (χ1n) is 27.3. The maximum Gasteiger partial charge on any atom is -0.00110 e. The monoisotopic (exact) mass is 863 g/mol. The standard InChI is InChI=1S/C64H94/c1-43(2)17-13-21-47(9)25-29-51-31-37-55-57-39-36-54(34-28-50(12)24-16-20-46(7)8)62-60-42-52(30-26-48(10)22-14-18-44(3)4)32-38-56(60)58-40-35-53(33-27-49(11)23-15-19-45(5)6)61(59(55)41-51)63(58)64(57)62/h31-32,35-50H,13-30,33-34H2,1-12H3. The third kappa shape index (κ3) is 13.5. The molecule has 0 aromatic heterocycles. The van der Waals surface area contributed by atoms with Crippen LogP contribution in [-0.2, 0) is 25.7 Å². The average Bonchev–Trinajstić information content (AvgIpc) is 3.25. The van der Waals surface area contributed by atoms with Crippen LogP contribution < -0.4 is 0 Å². The second kappa shape index (κ2) is 24.1. The lowest BCUT2D eigenvalue weighted by molar-refractivity contribution is 0.437. The normalized spacial score (nSPS) is 14.6. The highest BCUT2D eigenvalue weighted by Gasteiger charge is 2.22. The summed E-state index contributed by atoms with van der Waals surface area (Å²) in [6, 6.07) is 25.6. The molecule has 0 fully saturated rings. The minimum atomic E-state index is 0.739. The number of hydrogen-bond donors (Lipinski definition) is 0. The first kappa shape index (κ1) is 50.3. The molecule has 0 bridgehead atoms. The molecule has 350 valence electrons. The fraction of sp³-hybridized carbons (Fsp3) is 0.625. The predicted molar refractivity (Wildman–Crippen MR) is 290 cm³/mol. The molecule has 4 atom stereocenters. The van der Waals surface area contributed by atoms with E-state index in [4.69, 9.17) is 0 Å². The Morgan fingerprint density at radius 3 is 0.875 bits per heavy atom. The molecule has 0 spiro atoms. The van der Waals surface area contributed by atoms with Gasteiger partial charge in [0.15, 0.2) is 0 Å². The quantitative estimate of drug-likeness (QED) is 0.0341. The first-order chi connectivity index (χ1) is 30.7. The van der Waals surface area contributed by atoms with Gasteiger partial charge in [-0.3, -0.25) is 0 Å². The fourth-order valence-electron chi connectivity index (χ4n) is 11.4. The van der Waals surface area contributed by atoms with Gasteiger partial charge in [0.25, 0.3) is 0 Å². The van der Waals surface area contributed by atoms with Crippen LogP contribution in [0.5, 0.6) is 0 Å². The van der Waals surface area contributed by atoms with Crippen LogP contribution in [0.2, 0.25) is 0 Å². The van der Waals surface area contributed by atoms with E-state index in [0.29, 0.717) is 0 Å². The van der Waals surface area contributed by atoms with E-state index in [1.165, 1.54) is 159 Å². The van der Waals surface area contributed by atoms with Crippen molar-refractivity contribution in [3.8, 4) is 0 Å². The van der Waals surface area contributed by atoms with Gasteiger partial charge in [-0.1, -0.05) is 221 Å². The van der Waals surface area contributed by atoms with Crippen LogP contribution in [0, 0.1) is 47.3 Å². The molecule has 64 heavy (non-hydrogen) atoms. The van der Waals surface area contributed by atoms with Crippen LogP contribution >= 0.6 is 0 Å². The van der Waals surface area contributed by atoms with Gasteiger partial charge in [0.1, 0.15) is 0 Å². The van der Waals surface area contributed by atoms with Gasteiger partial charge in [0.05, 0.1) is 0 Å². The first-order valence-corrected chi connectivity index (χ1v) is 27.3. The van der Waals surface area contributed by atoms with E-state index < -0.39 is 0 Å². The van der Waals surface area contributed by atoms with E-state index >= 15 is 0 Å². The Bertz CT molecular complexity index is 2170. The van der Waals surface area contributed by atoms with Crippen LogP contribution in [-0.4, -0.2) is 0 Å². The third-order valence-corrected chi connectivity index (χ3v) is 15.7. The second-order valence-corrected chi connectivity index (χ2v) is 23.7. The van der Waals surface area contributed by atoms with Gasteiger partial charge >= 0.3 is 0 Å². The summed E-state index contributed by atoms with van der Waals surface area (Å²) in [6.45, 7) is 29.0. The molecule has 0 amide bonds. The third-order valence-electron chi connectivity index (χ3n) is 15.7. The van der Waals surface area contributed by atoms with Crippen LogP contribution in [0.25, 0.3) is 53.9 Å². The van der Waals surface area contributed by atoms with Gasteiger partial charge in [-0.2, -0.15) is 0 Å². The summed E-state index contributed by atoms with van der Waals surface area (Å²) in [7, 11) is 0. The van der Waals surface area contributed by atoms with E-state index in [0.717, 1.165) is 60.2 Å². The Kier molecular flexibility index (Phi) is 18.9. The number of fused-ring (bicyclic) bond motifs is 6. The number of hydrogen-bond acceptors (Lipinski definition) is 0. The molecule has 0 aliphatic rings. The van der Waals surface area contributed by atoms with Gasteiger partial charge in [0, 0.05) is 0 Å².